The minimum Gasteiger partial charge on any atom is -0.366 e. The third kappa shape index (κ3) is 2.70. The second-order valence-electron chi connectivity index (χ2n) is 4.98. The SMILES string of the molecule is CCC1CCCCCN1c1ccc(C#N)c(F)c1F. The van der Waals surface area contributed by atoms with E-state index in [0.29, 0.717) is 5.69 Å². The van der Waals surface area contributed by atoms with E-state index in [0.717, 1.165) is 38.6 Å². The Labute approximate surface area is 112 Å². The summed E-state index contributed by atoms with van der Waals surface area (Å²) in [4.78, 5) is 1.96. The third-order valence-corrected chi connectivity index (χ3v) is 3.84. The van der Waals surface area contributed by atoms with Gasteiger partial charge in [-0.3, -0.25) is 0 Å². The summed E-state index contributed by atoms with van der Waals surface area (Å²) in [6, 6.07) is 4.82. The highest BCUT2D eigenvalue weighted by Gasteiger charge is 2.24. The maximum Gasteiger partial charge on any atom is 0.183 e. The highest BCUT2D eigenvalue weighted by molar-refractivity contribution is 5.53. The highest BCUT2D eigenvalue weighted by atomic mass is 19.2. The molecule has 0 radical (unpaired) electrons. The van der Waals surface area contributed by atoms with Gasteiger partial charge in [0.25, 0.3) is 0 Å². The maximum atomic E-state index is 14.1. The average Bonchev–Trinajstić information content (AvgIpc) is 2.67. The molecule has 1 aliphatic rings. The molecule has 0 bridgehead atoms. The molecule has 1 atom stereocenters. The van der Waals surface area contributed by atoms with Crippen molar-refractivity contribution in [1.29, 1.82) is 5.26 Å². The van der Waals surface area contributed by atoms with Crippen LogP contribution in [0.25, 0.3) is 0 Å². The first kappa shape index (κ1) is 13.8. The van der Waals surface area contributed by atoms with Crippen molar-refractivity contribution in [2.45, 2.75) is 45.1 Å². The fourth-order valence-corrected chi connectivity index (χ4v) is 2.77. The van der Waals surface area contributed by atoms with E-state index in [4.69, 9.17) is 5.26 Å². The Morgan fingerprint density at radius 1 is 1.26 bits per heavy atom. The molecular weight excluding hydrogens is 246 g/mol. The van der Waals surface area contributed by atoms with E-state index in [2.05, 4.69) is 6.92 Å². The van der Waals surface area contributed by atoms with Crippen LogP contribution in [0.2, 0.25) is 0 Å². The summed E-state index contributed by atoms with van der Waals surface area (Å²) >= 11 is 0. The molecule has 2 rings (SSSR count). The lowest BCUT2D eigenvalue weighted by molar-refractivity contribution is 0.491. The molecule has 4 heteroatoms. The lowest BCUT2D eigenvalue weighted by Crippen LogP contribution is -2.35. The predicted octanol–water partition coefficient (Wildman–Crippen LogP) is 4.00. The van der Waals surface area contributed by atoms with Crippen LogP contribution in [0.4, 0.5) is 14.5 Å². The highest BCUT2D eigenvalue weighted by Crippen LogP contribution is 2.30. The largest absolute Gasteiger partial charge is 0.366 e. The summed E-state index contributed by atoms with van der Waals surface area (Å²) in [5.41, 5.74) is 0.0642. The van der Waals surface area contributed by atoms with Crippen LogP contribution < -0.4 is 4.90 Å². The molecule has 0 aromatic heterocycles. The van der Waals surface area contributed by atoms with E-state index in [1.807, 2.05) is 4.90 Å². The van der Waals surface area contributed by atoms with E-state index in [-0.39, 0.29) is 11.6 Å². The Morgan fingerprint density at radius 3 is 2.74 bits per heavy atom. The summed E-state index contributed by atoms with van der Waals surface area (Å²) < 4.78 is 27.8. The molecule has 0 N–H and O–H groups in total. The lowest BCUT2D eigenvalue weighted by Gasteiger charge is -2.31. The van der Waals surface area contributed by atoms with Crippen molar-refractivity contribution in [3.8, 4) is 6.07 Å². The molecule has 1 fully saturated rings. The van der Waals surface area contributed by atoms with Crippen molar-refractivity contribution < 1.29 is 8.78 Å². The van der Waals surface area contributed by atoms with Crippen molar-refractivity contribution in [2.75, 3.05) is 11.4 Å². The van der Waals surface area contributed by atoms with Gasteiger partial charge in [-0.25, -0.2) is 8.78 Å². The Balaban J connectivity index is 2.39. The molecule has 1 aromatic carbocycles. The fourth-order valence-electron chi connectivity index (χ4n) is 2.77. The molecular formula is C15H18F2N2. The van der Waals surface area contributed by atoms with Crippen LogP contribution in [0.3, 0.4) is 0 Å². The molecule has 0 aliphatic carbocycles. The van der Waals surface area contributed by atoms with Crippen molar-refractivity contribution in [2.24, 2.45) is 0 Å². The average molecular weight is 264 g/mol. The first-order valence-corrected chi connectivity index (χ1v) is 6.83. The van der Waals surface area contributed by atoms with Crippen LogP contribution in [0.1, 0.15) is 44.6 Å². The number of halogens is 2. The number of hydrogen-bond donors (Lipinski definition) is 0. The molecule has 1 saturated heterocycles. The number of nitriles is 1. The molecule has 19 heavy (non-hydrogen) atoms. The van der Waals surface area contributed by atoms with Gasteiger partial charge in [0.05, 0.1) is 11.3 Å². The molecule has 1 aromatic rings. The van der Waals surface area contributed by atoms with Gasteiger partial charge in [0.15, 0.2) is 11.6 Å². The Morgan fingerprint density at radius 2 is 2.05 bits per heavy atom. The van der Waals surface area contributed by atoms with Crippen LogP contribution in [-0.4, -0.2) is 12.6 Å². The summed E-state index contributed by atoms with van der Waals surface area (Å²) in [5.74, 6) is -1.92. The van der Waals surface area contributed by atoms with Gasteiger partial charge in [0.2, 0.25) is 0 Å². The zero-order valence-corrected chi connectivity index (χ0v) is 11.1. The smallest absolute Gasteiger partial charge is 0.183 e. The minimum atomic E-state index is -1.03. The summed E-state index contributed by atoms with van der Waals surface area (Å²) in [6.45, 7) is 2.82. The standard InChI is InChI=1S/C15H18F2N2/c1-2-12-6-4-3-5-9-19(12)13-8-7-11(10-18)14(16)15(13)17/h7-8,12H,2-6,9H2,1H3. The van der Waals surface area contributed by atoms with Gasteiger partial charge >= 0.3 is 0 Å². The number of nitrogens with zero attached hydrogens (tertiary/aromatic N) is 2. The summed E-state index contributed by atoms with van der Waals surface area (Å²) in [5, 5.41) is 8.72. The normalized spacial score (nSPS) is 19.9. The third-order valence-electron chi connectivity index (χ3n) is 3.84. The monoisotopic (exact) mass is 264 g/mol. The van der Waals surface area contributed by atoms with Crippen molar-refractivity contribution >= 4 is 5.69 Å². The van der Waals surface area contributed by atoms with Gasteiger partial charge in [-0.2, -0.15) is 5.26 Å². The van der Waals surface area contributed by atoms with Crippen LogP contribution in [-0.2, 0) is 0 Å². The van der Waals surface area contributed by atoms with E-state index < -0.39 is 11.6 Å². The molecule has 0 saturated carbocycles. The summed E-state index contributed by atoms with van der Waals surface area (Å²) in [7, 11) is 0. The number of benzene rings is 1. The predicted molar refractivity (Wildman–Crippen MR) is 71.0 cm³/mol. The van der Waals surface area contributed by atoms with Crippen molar-refractivity contribution in [3.05, 3.63) is 29.3 Å². The summed E-state index contributed by atoms with van der Waals surface area (Å²) in [6.07, 6.45) is 5.19. The number of rotatable bonds is 2. The molecule has 1 aliphatic heterocycles. The lowest BCUT2D eigenvalue weighted by atomic mass is 10.1. The van der Waals surface area contributed by atoms with E-state index in [1.165, 1.54) is 12.1 Å². The van der Waals surface area contributed by atoms with Gasteiger partial charge in [0, 0.05) is 12.6 Å². The zero-order valence-electron chi connectivity index (χ0n) is 11.1. The first-order chi connectivity index (χ1) is 9.19. The second kappa shape index (κ2) is 6.01. The zero-order chi connectivity index (χ0) is 13.8. The quantitative estimate of drug-likeness (QED) is 0.807. The number of hydrogen-bond acceptors (Lipinski definition) is 2. The minimum absolute atomic E-state index is 0.232. The second-order valence-corrected chi connectivity index (χ2v) is 4.98. The van der Waals surface area contributed by atoms with Crippen LogP contribution in [0.15, 0.2) is 12.1 Å². The fraction of sp³-hybridized carbons (Fsp3) is 0.533. The molecule has 1 unspecified atom stereocenters. The molecule has 102 valence electrons. The topological polar surface area (TPSA) is 27.0 Å². The van der Waals surface area contributed by atoms with Crippen LogP contribution in [0, 0.1) is 23.0 Å². The Hall–Kier alpha value is -1.63. The number of anilines is 1. The molecule has 1 heterocycles. The van der Waals surface area contributed by atoms with E-state index in [9.17, 15) is 8.78 Å². The van der Waals surface area contributed by atoms with Gasteiger partial charge in [0.1, 0.15) is 6.07 Å². The first-order valence-electron chi connectivity index (χ1n) is 6.83. The van der Waals surface area contributed by atoms with Crippen molar-refractivity contribution in [3.63, 3.8) is 0 Å². The van der Waals surface area contributed by atoms with Crippen LogP contribution in [0.5, 0.6) is 0 Å². The van der Waals surface area contributed by atoms with Crippen molar-refractivity contribution in [1.82, 2.24) is 0 Å². The maximum absolute atomic E-state index is 14.1. The van der Waals surface area contributed by atoms with Gasteiger partial charge < -0.3 is 4.90 Å². The van der Waals surface area contributed by atoms with Crippen LogP contribution >= 0.6 is 0 Å². The molecule has 0 amide bonds. The molecule has 0 spiro atoms. The van der Waals surface area contributed by atoms with E-state index >= 15 is 0 Å². The van der Waals surface area contributed by atoms with Gasteiger partial charge in [-0.1, -0.05) is 19.8 Å². The molecule has 2 nitrogen and oxygen atoms in total. The Kier molecular flexibility index (Phi) is 4.36. The van der Waals surface area contributed by atoms with Gasteiger partial charge in [-0.05, 0) is 31.4 Å². The van der Waals surface area contributed by atoms with Gasteiger partial charge in [-0.15, -0.1) is 0 Å². The Bertz CT molecular complexity index is 494. The van der Waals surface area contributed by atoms with E-state index in [1.54, 1.807) is 6.07 Å².